The monoisotopic (exact) mass is 327 g/mol. The predicted molar refractivity (Wildman–Crippen MR) is 74.2 cm³/mol. The van der Waals surface area contributed by atoms with E-state index in [0.29, 0.717) is 4.47 Å². The van der Waals surface area contributed by atoms with Crippen LogP contribution < -0.4 is 4.90 Å². The Bertz CT molecular complexity index is 760. The van der Waals surface area contributed by atoms with Crippen molar-refractivity contribution in [3.8, 4) is 6.07 Å². The molecule has 1 aromatic heterocycles. The molecule has 0 fully saturated rings. The zero-order valence-corrected chi connectivity index (χ0v) is 11.6. The Kier molecular flexibility index (Phi) is 2.84. The molecule has 0 radical (unpaired) electrons. The highest BCUT2D eigenvalue weighted by molar-refractivity contribution is 9.10. The summed E-state index contributed by atoms with van der Waals surface area (Å²) in [5.41, 5.74) is 0.881. The Morgan fingerprint density at radius 2 is 2.00 bits per heavy atom. The fraction of sp³-hybridized carbons (Fsp3) is 0. The number of carbonyl (C=O) groups excluding carboxylic acids is 2. The molecule has 96 valence electrons. The molecule has 0 aliphatic carbocycles. The number of nitriles is 1. The second-order valence-electron chi connectivity index (χ2n) is 4.12. The smallest absolute Gasteiger partial charge is 0.268 e. The van der Waals surface area contributed by atoms with Crippen LogP contribution in [0.25, 0.3) is 0 Å². The first kappa shape index (κ1) is 12.5. The van der Waals surface area contributed by atoms with Crippen LogP contribution in [0.1, 0.15) is 26.4 Å². The normalized spacial score (nSPS) is 13.3. The summed E-state index contributed by atoms with van der Waals surface area (Å²) in [4.78, 5) is 29.5. The number of amides is 2. The van der Waals surface area contributed by atoms with Crippen LogP contribution in [0.2, 0.25) is 0 Å². The van der Waals surface area contributed by atoms with Crippen LogP contribution in [0.5, 0.6) is 0 Å². The van der Waals surface area contributed by atoms with Gasteiger partial charge in [-0.2, -0.15) is 5.26 Å². The summed E-state index contributed by atoms with van der Waals surface area (Å²) in [5.74, 6) is -0.971. The van der Waals surface area contributed by atoms with Gasteiger partial charge in [0.15, 0.2) is 0 Å². The number of halogens is 1. The molecule has 20 heavy (non-hydrogen) atoms. The van der Waals surface area contributed by atoms with Gasteiger partial charge in [0.1, 0.15) is 11.8 Å². The SMILES string of the molecule is N#Cc1cc(Br)ccc1N1C(=O)c2cccnc2C1=O. The minimum Gasteiger partial charge on any atom is -0.268 e. The zero-order chi connectivity index (χ0) is 14.3. The molecule has 0 spiro atoms. The molecule has 1 aliphatic heterocycles. The van der Waals surface area contributed by atoms with Crippen molar-refractivity contribution in [1.82, 2.24) is 4.98 Å². The maximum atomic E-state index is 12.3. The number of nitrogens with zero attached hydrogens (tertiary/aromatic N) is 3. The molecule has 0 saturated heterocycles. The maximum Gasteiger partial charge on any atom is 0.284 e. The lowest BCUT2D eigenvalue weighted by Crippen LogP contribution is -2.30. The van der Waals surface area contributed by atoms with Crippen LogP contribution in [0.3, 0.4) is 0 Å². The van der Waals surface area contributed by atoms with Crippen LogP contribution in [0.15, 0.2) is 41.0 Å². The van der Waals surface area contributed by atoms with Crippen LogP contribution in [0.4, 0.5) is 5.69 Å². The number of pyridine rings is 1. The molecule has 5 nitrogen and oxygen atoms in total. The Labute approximate surface area is 122 Å². The van der Waals surface area contributed by atoms with Crippen molar-refractivity contribution in [1.29, 1.82) is 5.26 Å². The van der Waals surface area contributed by atoms with Gasteiger partial charge in [0, 0.05) is 10.7 Å². The lowest BCUT2D eigenvalue weighted by molar-refractivity contribution is 0.0924. The van der Waals surface area contributed by atoms with E-state index in [1.165, 1.54) is 6.20 Å². The summed E-state index contributed by atoms with van der Waals surface area (Å²) in [5, 5.41) is 9.16. The van der Waals surface area contributed by atoms with Gasteiger partial charge in [-0.15, -0.1) is 0 Å². The van der Waals surface area contributed by atoms with Crippen LogP contribution in [-0.4, -0.2) is 16.8 Å². The van der Waals surface area contributed by atoms with Crippen LogP contribution >= 0.6 is 15.9 Å². The summed E-state index contributed by atoms with van der Waals surface area (Å²) in [6, 6.07) is 9.93. The number of fused-ring (bicyclic) bond motifs is 1. The second kappa shape index (κ2) is 4.54. The van der Waals surface area contributed by atoms with E-state index in [2.05, 4.69) is 20.9 Å². The molecular formula is C14H6BrN3O2. The number of benzene rings is 1. The maximum absolute atomic E-state index is 12.3. The van der Waals surface area contributed by atoms with E-state index in [1.807, 2.05) is 6.07 Å². The van der Waals surface area contributed by atoms with E-state index in [-0.39, 0.29) is 22.5 Å². The lowest BCUT2D eigenvalue weighted by atomic mass is 10.2. The summed E-state index contributed by atoms with van der Waals surface area (Å²) >= 11 is 3.25. The highest BCUT2D eigenvalue weighted by Crippen LogP contribution is 2.30. The highest BCUT2D eigenvalue weighted by atomic mass is 79.9. The van der Waals surface area contributed by atoms with Gasteiger partial charge in [0.05, 0.1) is 16.8 Å². The van der Waals surface area contributed by atoms with E-state index < -0.39 is 11.8 Å². The molecule has 2 aromatic rings. The van der Waals surface area contributed by atoms with Gasteiger partial charge >= 0.3 is 0 Å². The molecule has 0 bridgehead atoms. The van der Waals surface area contributed by atoms with Gasteiger partial charge in [-0.05, 0) is 30.3 Å². The molecule has 2 heterocycles. The minimum atomic E-state index is -0.510. The number of hydrogen-bond donors (Lipinski definition) is 0. The molecule has 0 saturated carbocycles. The van der Waals surface area contributed by atoms with Crippen LogP contribution in [-0.2, 0) is 0 Å². The van der Waals surface area contributed by atoms with Gasteiger partial charge in [-0.3, -0.25) is 14.6 Å². The number of carbonyl (C=O) groups is 2. The predicted octanol–water partition coefficient (Wildman–Crippen LogP) is 2.52. The molecule has 1 aromatic carbocycles. The van der Waals surface area contributed by atoms with E-state index in [9.17, 15) is 9.59 Å². The van der Waals surface area contributed by atoms with Crippen molar-refractivity contribution in [2.75, 3.05) is 4.90 Å². The largest absolute Gasteiger partial charge is 0.284 e. The van der Waals surface area contributed by atoms with E-state index in [4.69, 9.17) is 5.26 Å². The van der Waals surface area contributed by atoms with Gasteiger partial charge in [0.25, 0.3) is 11.8 Å². The first-order chi connectivity index (χ1) is 9.63. The number of imide groups is 1. The summed E-state index contributed by atoms with van der Waals surface area (Å²) in [6.45, 7) is 0. The Morgan fingerprint density at radius 3 is 2.70 bits per heavy atom. The first-order valence-electron chi connectivity index (χ1n) is 5.67. The quantitative estimate of drug-likeness (QED) is 0.754. The van der Waals surface area contributed by atoms with Gasteiger partial charge in [0.2, 0.25) is 0 Å². The Hall–Kier alpha value is -2.52. The van der Waals surface area contributed by atoms with Crippen molar-refractivity contribution in [2.24, 2.45) is 0 Å². The van der Waals surface area contributed by atoms with Gasteiger partial charge < -0.3 is 0 Å². The molecule has 1 aliphatic rings. The molecule has 2 amide bonds. The lowest BCUT2D eigenvalue weighted by Gasteiger charge is -2.15. The second-order valence-corrected chi connectivity index (χ2v) is 5.03. The average Bonchev–Trinajstić information content (AvgIpc) is 2.72. The minimum absolute atomic E-state index is 0.115. The Balaban J connectivity index is 2.17. The fourth-order valence-electron chi connectivity index (χ4n) is 2.08. The average molecular weight is 328 g/mol. The third kappa shape index (κ3) is 1.72. The first-order valence-corrected chi connectivity index (χ1v) is 6.46. The van der Waals surface area contributed by atoms with Crippen LogP contribution in [0, 0.1) is 11.3 Å². The topological polar surface area (TPSA) is 74.1 Å². The highest BCUT2D eigenvalue weighted by Gasteiger charge is 2.38. The standard InChI is InChI=1S/C14H6BrN3O2/c15-9-3-4-11(8(6-9)7-16)18-13(19)10-2-1-5-17-12(10)14(18)20/h1-6H. The third-order valence-corrected chi connectivity index (χ3v) is 3.46. The third-order valence-electron chi connectivity index (χ3n) is 2.97. The molecular weight excluding hydrogens is 322 g/mol. The van der Waals surface area contributed by atoms with Gasteiger partial charge in [-0.25, -0.2) is 4.90 Å². The van der Waals surface area contributed by atoms with E-state index in [0.717, 1.165) is 4.90 Å². The molecule has 3 rings (SSSR count). The molecule has 0 unspecified atom stereocenters. The van der Waals surface area contributed by atoms with Crippen molar-refractivity contribution in [3.05, 3.63) is 57.8 Å². The molecule has 0 N–H and O–H groups in total. The zero-order valence-electron chi connectivity index (χ0n) is 10.0. The fourth-order valence-corrected chi connectivity index (χ4v) is 2.44. The molecule has 6 heteroatoms. The van der Waals surface area contributed by atoms with E-state index >= 15 is 0 Å². The summed E-state index contributed by atoms with van der Waals surface area (Å²) < 4.78 is 0.701. The number of anilines is 1. The van der Waals surface area contributed by atoms with Crippen molar-refractivity contribution in [3.63, 3.8) is 0 Å². The van der Waals surface area contributed by atoms with Gasteiger partial charge in [-0.1, -0.05) is 15.9 Å². The van der Waals surface area contributed by atoms with Crippen molar-refractivity contribution in [2.45, 2.75) is 0 Å². The summed E-state index contributed by atoms with van der Waals surface area (Å²) in [6.07, 6.45) is 1.46. The van der Waals surface area contributed by atoms with Crippen molar-refractivity contribution >= 4 is 33.4 Å². The van der Waals surface area contributed by atoms with E-state index in [1.54, 1.807) is 30.3 Å². The van der Waals surface area contributed by atoms with Crippen molar-refractivity contribution < 1.29 is 9.59 Å². The summed E-state index contributed by atoms with van der Waals surface area (Å²) in [7, 11) is 0. The number of hydrogen-bond acceptors (Lipinski definition) is 4. The molecule has 0 atom stereocenters. The number of rotatable bonds is 1. The Morgan fingerprint density at radius 1 is 1.20 bits per heavy atom. The number of aromatic nitrogens is 1.